The van der Waals surface area contributed by atoms with E-state index in [0.717, 1.165) is 6.42 Å². The maximum atomic E-state index is 11.1. The molecule has 5 heteroatoms. The standard InChI is InChI=1S/C13H26O5/c1-8-10(2)15-11(14)16-18-17-13(6,7)9-12(3,4)5/h10H,8-9H2,1-7H3. The number of carbonyl (C=O) groups is 1. The van der Waals surface area contributed by atoms with Gasteiger partial charge in [-0.05, 0) is 44.1 Å². The Hall–Kier alpha value is -0.810. The van der Waals surface area contributed by atoms with Crippen molar-refractivity contribution in [3.05, 3.63) is 0 Å². The lowest BCUT2D eigenvalue weighted by molar-refractivity contribution is -0.518. The fourth-order valence-corrected chi connectivity index (χ4v) is 1.71. The van der Waals surface area contributed by atoms with E-state index < -0.39 is 11.8 Å². The predicted octanol–water partition coefficient (Wildman–Crippen LogP) is 4.02. The Morgan fingerprint density at radius 1 is 1.17 bits per heavy atom. The largest absolute Gasteiger partial charge is 0.542 e. The number of ether oxygens (including phenoxy) is 1. The minimum Gasteiger partial charge on any atom is -0.429 e. The van der Waals surface area contributed by atoms with E-state index in [-0.39, 0.29) is 11.5 Å². The van der Waals surface area contributed by atoms with Gasteiger partial charge in [-0.2, -0.15) is 4.89 Å². The van der Waals surface area contributed by atoms with Crippen molar-refractivity contribution in [1.82, 2.24) is 0 Å². The van der Waals surface area contributed by atoms with Crippen molar-refractivity contribution in [2.45, 2.75) is 73.0 Å². The molecule has 0 rings (SSSR count). The Labute approximate surface area is 110 Å². The summed E-state index contributed by atoms with van der Waals surface area (Å²) in [6, 6.07) is 0. The molecule has 0 aromatic rings. The van der Waals surface area contributed by atoms with Gasteiger partial charge in [0.05, 0.1) is 0 Å². The summed E-state index contributed by atoms with van der Waals surface area (Å²) in [5.41, 5.74) is -0.459. The lowest BCUT2D eigenvalue weighted by Crippen LogP contribution is -2.31. The molecule has 0 aromatic carbocycles. The van der Waals surface area contributed by atoms with Crippen molar-refractivity contribution in [3.8, 4) is 0 Å². The summed E-state index contributed by atoms with van der Waals surface area (Å²) in [6.07, 6.45) is 0.370. The highest BCUT2D eigenvalue weighted by Crippen LogP contribution is 2.29. The van der Waals surface area contributed by atoms with E-state index in [1.165, 1.54) is 0 Å². The normalized spacial score (nSPS) is 14.2. The molecular weight excluding hydrogens is 236 g/mol. The van der Waals surface area contributed by atoms with Crippen LogP contribution in [0.5, 0.6) is 0 Å². The summed E-state index contributed by atoms with van der Waals surface area (Å²) < 4.78 is 4.85. The van der Waals surface area contributed by atoms with Crippen LogP contribution < -0.4 is 0 Å². The topological polar surface area (TPSA) is 54.0 Å². The van der Waals surface area contributed by atoms with Crippen molar-refractivity contribution in [1.29, 1.82) is 0 Å². The molecule has 0 bridgehead atoms. The maximum Gasteiger partial charge on any atom is 0.542 e. The highest BCUT2D eigenvalue weighted by Gasteiger charge is 2.28. The van der Waals surface area contributed by atoms with E-state index in [2.05, 4.69) is 30.7 Å². The quantitative estimate of drug-likeness (QED) is 0.411. The molecular formula is C13H26O5. The molecule has 0 aliphatic carbocycles. The van der Waals surface area contributed by atoms with Gasteiger partial charge in [-0.25, -0.2) is 9.68 Å². The lowest BCUT2D eigenvalue weighted by Gasteiger charge is -2.29. The van der Waals surface area contributed by atoms with Crippen molar-refractivity contribution in [3.63, 3.8) is 0 Å². The Balaban J connectivity index is 3.93. The van der Waals surface area contributed by atoms with Crippen LogP contribution in [0.2, 0.25) is 0 Å². The van der Waals surface area contributed by atoms with E-state index in [1.807, 2.05) is 20.8 Å². The van der Waals surface area contributed by atoms with Crippen LogP contribution in [0.25, 0.3) is 0 Å². The van der Waals surface area contributed by atoms with Gasteiger partial charge in [-0.3, -0.25) is 0 Å². The van der Waals surface area contributed by atoms with Gasteiger partial charge in [0.2, 0.25) is 0 Å². The third-order valence-electron chi connectivity index (χ3n) is 2.19. The highest BCUT2D eigenvalue weighted by atomic mass is 17.5. The third-order valence-corrected chi connectivity index (χ3v) is 2.19. The van der Waals surface area contributed by atoms with Gasteiger partial charge in [0.25, 0.3) is 0 Å². The van der Waals surface area contributed by atoms with Crippen LogP contribution >= 0.6 is 0 Å². The van der Waals surface area contributed by atoms with E-state index in [4.69, 9.17) is 9.62 Å². The minimum atomic E-state index is -0.893. The molecule has 0 amide bonds. The van der Waals surface area contributed by atoms with Crippen LogP contribution in [0.4, 0.5) is 4.79 Å². The van der Waals surface area contributed by atoms with Crippen molar-refractivity contribution in [2.24, 2.45) is 5.41 Å². The van der Waals surface area contributed by atoms with E-state index in [1.54, 1.807) is 6.92 Å². The molecule has 0 aliphatic heterocycles. The van der Waals surface area contributed by atoms with E-state index >= 15 is 0 Å². The van der Waals surface area contributed by atoms with Gasteiger partial charge in [0.1, 0.15) is 11.7 Å². The summed E-state index contributed by atoms with van der Waals surface area (Å²) in [6.45, 7) is 13.7. The molecule has 0 saturated carbocycles. The van der Waals surface area contributed by atoms with Gasteiger partial charge >= 0.3 is 6.16 Å². The van der Waals surface area contributed by atoms with Crippen LogP contribution in [0.15, 0.2) is 0 Å². The highest BCUT2D eigenvalue weighted by molar-refractivity contribution is 5.59. The van der Waals surface area contributed by atoms with Crippen molar-refractivity contribution >= 4 is 6.16 Å². The SMILES string of the molecule is CCC(C)OC(=O)OOOC(C)(C)CC(C)(C)C. The van der Waals surface area contributed by atoms with Crippen LogP contribution in [0.1, 0.15) is 61.3 Å². The van der Waals surface area contributed by atoms with Gasteiger partial charge < -0.3 is 4.74 Å². The molecule has 18 heavy (non-hydrogen) atoms. The molecule has 0 aromatic heterocycles. The Bertz CT molecular complexity index is 255. The van der Waals surface area contributed by atoms with Gasteiger partial charge in [0.15, 0.2) is 0 Å². The number of hydrogen-bond acceptors (Lipinski definition) is 5. The zero-order valence-electron chi connectivity index (χ0n) is 12.5. The van der Waals surface area contributed by atoms with E-state index in [0.29, 0.717) is 6.42 Å². The van der Waals surface area contributed by atoms with Crippen molar-refractivity contribution in [2.75, 3.05) is 0 Å². The molecule has 0 fully saturated rings. The first-order valence-corrected chi connectivity index (χ1v) is 6.29. The van der Waals surface area contributed by atoms with Crippen LogP contribution in [0.3, 0.4) is 0 Å². The van der Waals surface area contributed by atoms with Gasteiger partial charge in [-0.15, -0.1) is 0 Å². The molecule has 0 spiro atoms. The average Bonchev–Trinajstić information content (AvgIpc) is 2.12. The summed E-state index contributed by atoms with van der Waals surface area (Å²) in [7, 11) is 0. The number of rotatable bonds is 6. The number of hydrogen-bond donors (Lipinski definition) is 0. The van der Waals surface area contributed by atoms with E-state index in [9.17, 15) is 4.79 Å². The zero-order valence-corrected chi connectivity index (χ0v) is 12.5. The minimum absolute atomic E-state index is 0.0874. The second-order valence-corrected chi connectivity index (χ2v) is 6.32. The first-order valence-electron chi connectivity index (χ1n) is 6.29. The first-order chi connectivity index (χ1) is 8.06. The van der Waals surface area contributed by atoms with Crippen LogP contribution in [0, 0.1) is 5.41 Å². The number of carbonyl (C=O) groups excluding carboxylic acids is 1. The van der Waals surface area contributed by atoms with Crippen molar-refractivity contribution < 1.29 is 24.3 Å². The predicted molar refractivity (Wildman–Crippen MR) is 67.6 cm³/mol. The fourth-order valence-electron chi connectivity index (χ4n) is 1.71. The third kappa shape index (κ3) is 9.24. The molecule has 0 N–H and O–H groups in total. The molecule has 1 atom stereocenters. The monoisotopic (exact) mass is 262 g/mol. The molecule has 0 aliphatic rings. The Morgan fingerprint density at radius 3 is 2.17 bits per heavy atom. The average molecular weight is 262 g/mol. The molecule has 0 radical (unpaired) electrons. The second-order valence-electron chi connectivity index (χ2n) is 6.32. The van der Waals surface area contributed by atoms with Crippen LogP contribution in [-0.2, 0) is 19.6 Å². The molecule has 1 unspecified atom stereocenters. The second kappa shape index (κ2) is 6.95. The zero-order chi connectivity index (χ0) is 14.4. The Morgan fingerprint density at radius 2 is 1.72 bits per heavy atom. The molecule has 0 heterocycles. The Kier molecular flexibility index (Phi) is 6.63. The van der Waals surface area contributed by atoms with Gasteiger partial charge in [-0.1, -0.05) is 27.7 Å². The summed E-state index contributed by atoms with van der Waals surface area (Å²) >= 11 is 0. The van der Waals surface area contributed by atoms with Crippen LogP contribution in [-0.4, -0.2) is 17.9 Å². The van der Waals surface area contributed by atoms with Gasteiger partial charge in [0, 0.05) is 0 Å². The summed E-state index contributed by atoms with van der Waals surface area (Å²) in [5, 5.41) is 4.48. The summed E-state index contributed by atoms with van der Waals surface area (Å²) in [4.78, 5) is 20.6. The summed E-state index contributed by atoms with van der Waals surface area (Å²) in [5.74, 6) is 0. The molecule has 108 valence electrons. The maximum absolute atomic E-state index is 11.1. The smallest absolute Gasteiger partial charge is 0.429 e. The molecule has 0 saturated heterocycles. The fraction of sp³-hybridized carbons (Fsp3) is 0.923. The lowest BCUT2D eigenvalue weighted by atomic mass is 9.84. The molecule has 5 nitrogen and oxygen atoms in total. The first kappa shape index (κ1) is 17.2.